The summed E-state index contributed by atoms with van der Waals surface area (Å²) in [6.07, 6.45) is 0.191. The molecule has 0 fully saturated rings. The smallest absolute Gasteiger partial charge is 0.387 e. The second kappa shape index (κ2) is 9.74. The number of hydrogen-bond donors (Lipinski definition) is 1. The van der Waals surface area contributed by atoms with Gasteiger partial charge in [-0.2, -0.15) is 8.78 Å². The van der Waals surface area contributed by atoms with Crippen LogP contribution in [-0.2, 0) is 16.1 Å². The number of fused-ring (bicyclic) bond motifs is 1. The van der Waals surface area contributed by atoms with Crippen LogP contribution in [0, 0.1) is 0 Å². The molecule has 9 heteroatoms. The quantitative estimate of drug-likeness (QED) is 0.724. The highest BCUT2D eigenvalue weighted by atomic mass is 19.3. The fourth-order valence-electron chi connectivity index (χ4n) is 3.65. The summed E-state index contributed by atoms with van der Waals surface area (Å²) in [7, 11) is 3.13. The SMILES string of the molecule is COc1ccc(CN(C)CC(=O)N2c3ccccc3NC(=O)CC2C)cc1OC(F)F. The molecule has 31 heavy (non-hydrogen) atoms. The standard InChI is InChI=1S/C22H25F2N3O4/c1-14-10-20(28)25-16-6-4-5-7-17(16)27(14)21(29)13-26(2)12-15-8-9-18(30-3)19(11-15)31-22(23)24/h4-9,11,14,22H,10,12-13H2,1-3H3,(H,25,28). The zero-order chi connectivity index (χ0) is 22.5. The number of rotatable bonds is 7. The fraction of sp³-hybridized carbons (Fsp3) is 0.364. The number of hydrogen-bond acceptors (Lipinski definition) is 5. The lowest BCUT2D eigenvalue weighted by Crippen LogP contribution is -2.44. The van der Waals surface area contributed by atoms with E-state index in [2.05, 4.69) is 10.1 Å². The minimum absolute atomic E-state index is 0.0608. The molecule has 1 aliphatic rings. The molecule has 1 aliphatic heterocycles. The first-order valence-electron chi connectivity index (χ1n) is 9.79. The van der Waals surface area contributed by atoms with Gasteiger partial charge in [0.15, 0.2) is 11.5 Å². The number of carbonyl (C=O) groups is 2. The Labute approximate surface area is 179 Å². The molecule has 2 amide bonds. The van der Waals surface area contributed by atoms with Gasteiger partial charge in [-0.15, -0.1) is 0 Å². The molecule has 3 rings (SSSR count). The Morgan fingerprint density at radius 1 is 1.26 bits per heavy atom. The van der Waals surface area contributed by atoms with Crippen LogP contribution in [0.15, 0.2) is 42.5 Å². The largest absolute Gasteiger partial charge is 0.493 e. The van der Waals surface area contributed by atoms with E-state index >= 15 is 0 Å². The van der Waals surface area contributed by atoms with Crippen LogP contribution in [0.1, 0.15) is 18.9 Å². The van der Waals surface area contributed by atoms with E-state index in [-0.39, 0.29) is 42.3 Å². The first-order valence-corrected chi connectivity index (χ1v) is 9.79. The maximum absolute atomic E-state index is 13.1. The van der Waals surface area contributed by atoms with Crippen LogP contribution < -0.4 is 19.7 Å². The third-order valence-corrected chi connectivity index (χ3v) is 4.93. The molecule has 0 aromatic heterocycles. The molecule has 0 saturated heterocycles. The van der Waals surface area contributed by atoms with Gasteiger partial charge in [0.2, 0.25) is 11.8 Å². The van der Waals surface area contributed by atoms with Crippen LogP contribution in [-0.4, -0.2) is 50.1 Å². The Bertz CT molecular complexity index is 954. The zero-order valence-corrected chi connectivity index (χ0v) is 17.6. The summed E-state index contributed by atoms with van der Waals surface area (Å²) in [6, 6.07) is 11.6. The van der Waals surface area contributed by atoms with Crippen LogP contribution in [0.3, 0.4) is 0 Å². The Morgan fingerprint density at radius 2 is 2.00 bits per heavy atom. The van der Waals surface area contributed by atoms with Crippen molar-refractivity contribution in [3.05, 3.63) is 48.0 Å². The highest BCUT2D eigenvalue weighted by Crippen LogP contribution is 2.32. The predicted molar refractivity (Wildman–Crippen MR) is 113 cm³/mol. The monoisotopic (exact) mass is 433 g/mol. The molecular formula is C22H25F2N3O4. The van der Waals surface area contributed by atoms with Crippen LogP contribution in [0.25, 0.3) is 0 Å². The summed E-state index contributed by atoms with van der Waals surface area (Å²) < 4.78 is 34.9. The van der Waals surface area contributed by atoms with E-state index in [1.807, 2.05) is 13.0 Å². The van der Waals surface area contributed by atoms with E-state index in [4.69, 9.17) is 4.74 Å². The molecule has 0 saturated carbocycles. The fourth-order valence-corrected chi connectivity index (χ4v) is 3.65. The first-order chi connectivity index (χ1) is 14.8. The van der Waals surface area contributed by atoms with E-state index in [0.717, 1.165) is 0 Å². The van der Waals surface area contributed by atoms with Gasteiger partial charge < -0.3 is 19.7 Å². The van der Waals surface area contributed by atoms with E-state index in [0.29, 0.717) is 23.5 Å². The molecule has 7 nitrogen and oxygen atoms in total. The van der Waals surface area contributed by atoms with Crippen LogP contribution >= 0.6 is 0 Å². The third-order valence-electron chi connectivity index (χ3n) is 4.93. The van der Waals surface area contributed by atoms with Gasteiger partial charge in [-0.1, -0.05) is 18.2 Å². The van der Waals surface area contributed by atoms with Crippen molar-refractivity contribution in [2.75, 3.05) is 30.9 Å². The normalized spacial score (nSPS) is 16.0. The lowest BCUT2D eigenvalue weighted by atomic mass is 10.1. The summed E-state index contributed by atoms with van der Waals surface area (Å²) in [5.41, 5.74) is 1.93. The molecule has 0 aliphatic carbocycles. The molecule has 2 aromatic carbocycles. The number of likely N-dealkylation sites (N-methyl/N-ethyl adjacent to an activating group) is 1. The summed E-state index contributed by atoms with van der Waals surface area (Å²) in [4.78, 5) is 28.7. The van der Waals surface area contributed by atoms with Crippen molar-refractivity contribution in [2.45, 2.75) is 32.5 Å². The Hall–Kier alpha value is -3.20. The molecule has 1 atom stereocenters. The number of anilines is 2. The maximum atomic E-state index is 13.1. The van der Waals surface area contributed by atoms with E-state index < -0.39 is 6.61 Å². The molecule has 166 valence electrons. The Kier molecular flexibility index (Phi) is 7.06. The predicted octanol–water partition coefficient (Wildman–Crippen LogP) is 3.49. The molecule has 0 spiro atoms. The number of amides is 2. The second-order valence-corrected chi connectivity index (χ2v) is 7.42. The number of ether oxygens (including phenoxy) is 2. The van der Waals surface area contributed by atoms with E-state index in [9.17, 15) is 18.4 Å². The number of nitrogens with zero attached hydrogens (tertiary/aromatic N) is 2. The van der Waals surface area contributed by atoms with Crippen molar-refractivity contribution in [1.29, 1.82) is 0 Å². The van der Waals surface area contributed by atoms with Crippen LogP contribution in [0.2, 0.25) is 0 Å². The van der Waals surface area contributed by atoms with Gasteiger partial charge in [0.25, 0.3) is 0 Å². The van der Waals surface area contributed by atoms with E-state index in [1.165, 1.54) is 13.2 Å². The average Bonchev–Trinajstić information content (AvgIpc) is 2.81. The van der Waals surface area contributed by atoms with Crippen LogP contribution in [0.4, 0.5) is 20.2 Å². The number of halogens is 2. The summed E-state index contributed by atoms with van der Waals surface area (Å²) in [6.45, 7) is -0.735. The average molecular weight is 433 g/mol. The maximum Gasteiger partial charge on any atom is 0.387 e. The molecular weight excluding hydrogens is 408 g/mol. The highest BCUT2D eigenvalue weighted by Gasteiger charge is 2.29. The lowest BCUT2D eigenvalue weighted by Gasteiger charge is -2.29. The van der Waals surface area contributed by atoms with Gasteiger partial charge >= 0.3 is 6.61 Å². The van der Waals surface area contributed by atoms with Crippen molar-refractivity contribution >= 4 is 23.2 Å². The second-order valence-electron chi connectivity index (χ2n) is 7.42. The van der Waals surface area contributed by atoms with Crippen molar-refractivity contribution < 1.29 is 27.8 Å². The van der Waals surface area contributed by atoms with Crippen LogP contribution in [0.5, 0.6) is 11.5 Å². The number of nitrogens with one attached hydrogen (secondary N) is 1. The molecule has 0 radical (unpaired) electrons. The summed E-state index contributed by atoms with van der Waals surface area (Å²) in [5, 5.41) is 2.83. The van der Waals surface area contributed by atoms with Gasteiger partial charge in [0.1, 0.15) is 0 Å². The Morgan fingerprint density at radius 3 is 2.71 bits per heavy atom. The number of para-hydroxylation sites is 2. The minimum Gasteiger partial charge on any atom is -0.493 e. The zero-order valence-electron chi connectivity index (χ0n) is 17.6. The van der Waals surface area contributed by atoms with Crippen molar-refractivity contribution in [2.24, 2.45) is 0 Å². The molecule has 0 bridgehead atoms. The van der Waals surface area contributed by atoms with Gasteiger partial charge in [-0.25, -0.2) is 0 Å². The lowest BCUT2D eigenvalue weighted by molar-refractivity contribution is -0.120. The number of alkyl halides is 2. The number of benzene rings is 2. The highest BCUT2D eigenvalue weighted by molar-refractivity contribution is 6.04. The van der Waals surface area contributed by atoms with Gasteiger partial charge in [0, 0.05) is 19.0 Å². The van der Waals surface area contributed by atoms with Gasteiger partial charge in [-0.3, -0.25) is 14.5 Å². The third kappa shape index (κ3) is 5.49. The number of methoxy groups -OCH3 is 1. The number of carbonyl (C=O) groups excluding carboxylic acids is 2. The van der Waals surface area contributed by atoms with Gasteiger partial charge in [-0.05, 0) is 43.8 Å². The van der Waals surface area contributed by atoms with Crippen molar-refractivity contribution in [1.82, 2.24) is 4.90 Å². The molecule has 1 N–H and O–H groups in total. The molecule has 1 unspecified atom stereocenters. The minimum atomic E-state index is -2.97. The van der Waals surface area contributed by atoms with Crippen molar-refractivity contribution in [3.8, 4) is 11.5 Å². The summed E-state index contributed by atoms with van der Waals surface area (Å²) >= 11 is 0. The Balaban J connectivity index is 1.74. The van der Waals surface area contributed by atoms with Gasteiger partial charge in [0.05, 0.1) is 25.0 Å². The summed E-state index contributed by atoms with van der Waals surface area (Å²) in [5.74, 6) is -0.172. The molecule has 2 aromatic rings. The topological polar surface area (TPSA) is 71.1 Å². The van der Waals surface area contributed by atoms with Crippen molar-refractivity contribution in [3.63, 3.8) is 0 Å². The van der Waals surface area contributed by atoms with E-state index in [1.54, 1.807) is 47.2 Å². The first kappa shape index (κ1) is 22.5. The molecule has 1 heterocycles.